The van der Waals surface area contributed by atoms with Crippen molar-refractivity contribution >= 4 is 46.3 Å². The summed E-state index contributed by atoms with van der Waals surface area (Å²) < 4.78 is 2.07. The molecule has 0 unspecified atom stereocenters. The number of thioether (sulfide) groups is 1. The van der Waals surface area contributed by atoms with Crippen LogP contribution in [0.1, 0.15) is 13.3 Å². The molecule has 0 aliphatic rings. The van der Waals surface area contributed by atoms with Crippen molar-refractivity contribution < 1.29 is 4.79 Å². The van der Waals surface area contributed by atoms with E-state index in [0.29, 0.717) is 22.9 Å². The van der Waals surface area contributed by atoms with Gasteiger partial charge in [-0.1, -0.05) is 35.5 Å². The van der Waals surface area contributed by atoms with Crippen molar-refractivity contribution in [2.24, 2.45) is 0 Å². The van der Waals surface area contributed by atoms with Crippen LogP contribution < -0.4 is 5.32 Å². The molecule has 2 heterocycles. The number of hydrogen-bond donors (Lipinski definition) is 1. The number of anilines is 1. The molecule has 0 spiro atoms. The highest BCUT2D eigenvalue weighted by Crippen LogP contribution is 2.27. The summed E-state index contributed by atoms with van der Waals surface area (Å²) in [6, 6.07) is 11.2. The summed E-state index contributed by atoms with van der Waals surface area (Å²) in [4.78, 5) is 13.1. The second-order valence-electron chi connectivity index (χ2n) is 5.18. The fourth-order valence-electron chi connectivity index (χ4n) is 2.29. The van der Waals surface area contributed by atoms with Gasteiger partial charge in [0.2, 0.25) is 5.91 Å². The van der Waals surface area contributed by atoms with Crippen molar-refractivity contribution in [3.8, 4) is 10.7 Å². The van der Waals surface area contributed by atoms with Crippen LogP contribution in [0.3, 0.4) is 0 Å². The van der Waals surface area contributed by atoms with Crippen molar-refractivity contribution in [2.45, 2.75) is 25.0 Å². The zero-order valence-corrected chi connectivity index (χ0v) is 16.0. The first-order valence-electron chi connectivity index (χ1n) is 7.82. The minimum atomic E-state index is -0.0455. The predicted octanol–water partition coefficient (Wildman–Crippen LogP) is 4.80. The summed E-state index contributed by atoms with van der Waals surface area (Å²) in [5, 5.41) is 14.9. The lowest BCUT2D eigenvalue weighted by Gasteiger charge is -2.07. The van der Waals surface area contributed by atoms with Gasteiger partial charge in [0.15, 0.2) is 11.0 Å². The third-order valence-electron chi connectivity index (χ3n) is 3.44. The smallest absolute Gasteiger partial charge is 0.225 e. The number of hydrogen-bond acceptors (Lipinski definition) is 5. The summed E-state index contributed by atoms with van der Waals surface area (Å²) >= 11 is 9.10. The average molecular weight is 393 g/mol. The molecule has 5 nitrogen and oxygen atoms in total. The lowest BCUT2D eigenvalue weighted by Crippen LogP contribution is -2.12. The SMILES string of the molecule is CCn1c(SCCC(=O)Nc2cccc(Cl)c2)nnc1-c1cccs1. The van der Waals surface area contributed by atoms with E-state index in [0.717, 1.165) is 22.4 Å². The van der Waals surface area contributed by atoms with Gasteiger partial charge in [-0.25, -0.2) is 0 Å². The molecule has 0 aliphatic carbocycles. The van der Waals surface area contributed by atoms with Crippen LogP contribution in [0.5, 0.6) is 0 Å². The highest BCUT2D eigenvalue weighted by Gasteiger charge is 2.14. The molecule has 0 radical (unpaired) electrons. The van der Waals surface area contributed by atoms with Crippen molar-refractivity contribution in [3.63, 3.8) is 0 Å². The lowest BCUT2D eigenvalue weighted by molar-refractivity contribution is -0.115. The Morgan fingerprint density at radius 3 is 2.92 bits per heavy atom. The molecule has 0 saturated heterocycles. The first kappa shape index (κ1) is 18.0. The molecule has 0 bridgehead atoms. The molecule has 0 aliphatic heterocycles. The average Bonchev–Trinajstić information content (AvgIpc) is 3.23. The van der Waals surface area contributed by atoms with E-state index in [4.69, 9.17) is 11.6 Å². The van der Waals surface area contributed by atoms with Gasteiger partial charge in [0.25, 0.3) is 0 Å². The first-order valence-corrected chi connectivity index (χ1v) is 10.1. The van der Waals surface area contributed by atoms with Crippen LogP contribution >= 0.6 is 34.7 Å². The van der Waals surface area contributed by atoms with E-state index in [1.54, 1.807) is 23.5 Å². The molecule has 3 aromatic rings. The maximum Gasteiger partial charge on any atom is 0.225 e. The van der Waals surface area contributed by atoms with E-state index in [-0.39, 0.29) is 5.91 Å². The van der Waals surface area contributed by atoms with Crippen LogP contribution in [0.4, 0.5) is 5.69 Å². The van der Waals surface area contributed by atoms with Gasteiger partial charge in [-0.2, -0.15) is 0 Å². The Kier molecular flexibility index (Phi) is 6.12. The monoisotopic (exact) mass is 392 g/mol. The third kappa shape index (κ3) is 4.62. The minimum Gasteiger partial charge on any atom is -0.326 e. The van der Waals surface area contributed by atoms with Gasteiger partial charge < -0.3 is 9.88 Å². The number of halogens is 1. The standard InChI is InChI=1S/C17H17ClN4OS2/c1-2-22-16(14-7-4-9-24-14)20-21-17(22)25-10-8-15(23)19-13-6-3-5-12(18)11-13/h3-7,9,11H,2,8,10H2,1H3,(H,19,23). The molecule has 25 heavy (non-hydrogen) atoms. The van der Waals surface area contributed by atoms with Gasteiger partial charge in [-0.3, -0.25) is 4.79 Å². The Morgan fingerprint density at radius 2 is 2.20 bits per heavy atom. The molecule has 0 saturated carbocycles. The van der Waals surface area contributed by atoms with Crippen molar-refractivity contribution in [1.82, 2.24) is 14.8 Å². The molecule has 3 rings (SSSR count). The van der Waals surface area contributed by atoms with E-state index in [9.17, 15) is 4.79 Å². The predicted molar refractivity (Wildman–Crippen MR) is 104 cm³/mol. The van der Waals surface area contributed by atoms with Crippen molar-refractivity contribution in [2.75, 3.05) is 11.1 Å². The minimum absolute atomic E-state index is 0.0455. The Bertz CT molecular complexity index is 848. The maximum atomic E-state index is 12.1. The Hall–Kier alpha value is -1.83. The van der Waals surface area contributed by atoms with E-state index < -0.39 is 0 Å². The first-order chi connectivity index (χ1) is 12.2. The lowest BCUT2D eigenvalue weighted by atomic mass is 10.3. The fraction of sp³-hybridized carbons (Fsp3) is 0.235. The van der Waals surface area contributed by atoms with Crippen LogP contribution in [-0.2, 0) is 11.3 Å². The van der Waals surface area contributed by atoms with Gasteiger partial charge in [-0.15, -0.1) is 21.5 Å². The van der Waals surface area contributed by atoms with Crippen LogP contribution in [0.25, 0.3) is 10.7 Å². The van der Waals surface area contributed by atoms with Crippen LogP contribution in [-0.4, -0.2) is 26.4 Å². The number of aromatic nitrogens is 3. The number of benzene rings is 1. The summed E-state index contributed by atoms with van der Waals surface area (Å²) in [6.45, 7) is 2.85. The number of carbonyl (C=O) groups is 1. The summed E-state index contributed by atoms with van der Waals surface area (Å²) in [7, 11) is 0. The molecular formula is C17H17ClN4OS2. The highest BCUT2D eigenvalue weighted by molar-refractivity contribution is 7.99. The van der Waals surface area contributed by atoms with Gasteiger partial charge >= 0.3 is 0 Å². The second-order valence-corrected chi connectivity index (χ2v) is 7.63. The normalized spacial score (nSPS) is 10.8. The highest BCUT2D eigenvalue weighted by atomic mass is 35.5. The van der Waals surface area contributed by atoms with Crippen LogP contribution in [0, 0.1) is 0 Å². The Balaban J connectivity index is 1.56. The molecule has 2 aromatic heterocycles. The topological polar surface area (TPSA) is 59.8 Å². The summed E-state index contributed by atoms with van der Waals surface area (Å²) in [5.41, 5.74) is 0.708. The number of nitrogens with one attached hydrogen (secondary N) is 1. The van der Waals surface area contributed by atoms with E-state index >= 15 is 0 Å². The number of rotatable bonds is 7. The van der Waals surface area contributed by atoms with Gasteiger partial charge in [0.05, 0.1) is 4.88 Å². The van der Waals surface area contributed by atoms with E-state index in [2.05, 4.69) is 27.0 Å². The largest absolute Gasteiger partial charge is 0.326 e. The number of amides is 1. The second kappa shape index (κ2) is 8.51. The van der Waals surface area contributed by atoms with Gasteiger partial charge in [-0.05, 0) is 36.6 Å². The Labute approximate surface area is 159 Å². The summed E-state index contributed by atoms with van der Waals surface area (Å²) in [6.07, 6.45) is 0.391. The molecule has 130 valence electrons. The molecule has 8 heteroatoms. The van der Waals surface area contributed by atoms with E-state index in [1.807, 2.05) is 29.6 Å². The number of thiophene rings is 1. The molecule has 0 atom stereocenters. The van der Waals surface area contributed by atoms with Crippen molar-refractivity contribution in [3.05, 3.63) is 46.8 Å². The van der Waals surface area contributed by atoms with Gasteiger partial charge in [0.1, 0.15) is 0 Å². The number of carbonyl (C=O) groups excluding carboxylic acids is 1. The fourth-order valence-corrected chi connectivity index (χ4v) is 4.14. The quantitative estimate of drug-likeness (QED) is 0.586. The molecular weight excluding hydrogens is 376 g/mol. The molecule has 0 fully saturated rings. The molecule has 1 aromatic carbocycles. The number of nitrogens with zero attached hydrogens (tertiary/aromatic N) is 3. The van der Waals surface area contributed by atoms with Gasteiger partial charge in [0, 0.05) is 29.4 Å². The Morgan fingerprint density at radius 1 is 1.32 bits per heavy atom. The zero-order valence-electron chi connectivity index (χ0n) is 13.6. The maximum absolute atomic E-state index is 12.1. The summed E-state index contributed by atoms with van der Waals surface area (Å²) in [5.74, 6) is 1.47. The van der Waals surface area contributed by atoms with Crippen LogP contribution in [0.2, 0.25) is 5.02 Å². The van der Waals surface area contributed by atoms with E-state index in [1.165, 1.54) is 11.8 Å². The zero-order chi connectivity index (χ0) is 17.6. The third-order valence-corrected chi connectivity index (χ3v) is 5.51. The van der Waals surface area contributed by atoms with Crippen LogP contribution in [0.15, 0.2) is 46.9 Å². The molecule has 1 amide bonds. The molecule has 1 N–H and O–H groups in total. The van der Waals surface area contributed by atoms with Crippen molar-refractivity contribution in [1.29, 1.82) is 0 Å².